The van der Waals surface area contributed by atoms with Crippen LogP contribution in [0.15, 0.2) is 18.2 Å². The van der Waals surface area contributed by atoms with Gasteiger partial charge in [0.25, 0.3) is 0 Å². The van der Waals surface area contributed by atoms with Gasteiger partial charge in [-0.1, -0.05) is 19.4 Å². The second-order valence-electron chi connectivity index (χ2n) is 5.81. The van der Waals surface area contributed by atoms with E-state index in [0.29, 0.717) is 18.4 Å². The van der Waals surface area contributed by atoms with Crippen LogP contribution in [0.5, 0.6) is 0 Å². The van der Waals surface area contributed by atoms with Crippen molar-refractivity contribution in [3.05, 3.63) is 29.6 Å². The van der Waals surface area contributed by atoms with Crippen LogP contribution in [-0.4, -0.2) is 27.3 Å². The van der Waals surface area contributed by atoms with E-state index in [1.807, 2.05) is 17.9 Å². The zero-order valence-corrected chi connectivity index (χ0v) is 12.1. The van der Waals surface area contributed by atoms with Gasteiger partial charge in [-0.3, -0.25) is 4.79 Å². The van der Waals surface area contributed by atoms with Crippen LogP contribution in [0.2, 0.25) is 0 Å². The van der Waals surface area contributed by atoms with Gasteiger partial charge in [0, 0.05) is 19.5 Å². The lowest BCUT2D eigenvalue weighted by Gasteiger charge is -2.16. The number of nitrogens with one attached hydrogen (secondary N) is 1. The molecule has 4 nitrogen and oxygen atoms in total. The minimum absolute atomic E-state index is 0.296. The van der Waals surface area contributed by atoms with Crippen molar-refractivity contribution in [1.29, 1.82) is 0 Å². The number of rotatable bonds is 4. The van der Waals surface area contributed by atoms with Crippen LogP contribution >= 0.6 is 0 Å². The number of benzene rings is 1. The third kappa shape index (κ3) is 2.55. The summed E-state index contributed by atoms with van der Waals surface area (Å²) in [6.45, 7) is 5.76. The smallest absolute Gasteiger partial charge is 0.223 e. The first kappa shape index (κ1) is 13.2. The van der Waals surface area contributed by atoms with Gasteiger partial charge < -0.3 is 9.88 Å². The van der Waals surface area contributed by atoms with Crippen molar-refractivity contribution in [3.63, 3.8) is 0 Å². The van der Waals surface area contributed by atoms with Crippen molar-refractivity contribution in [2.24, 2.45) is 5.92 Å². The maximum atomic E-state index is 12.0. The molecule has 1 aliphatic heterocycles. The molecule has 4 heteroatoms. The van der Waals surface area contributed by atoms with Crippen molar-refractivity contribution >= 4 is 16.9 Å². The van der Waals surface area contributed by atoms with Crippen molar-refractivity contribution in [3.8, 4) is 0 Å². The van der Waals surface area contributed by atoms with Crippen LogP contribution in [-0.2, 0) is 11.3 Å². The SMILES string of the molecule is CCCC1CC(=O)N(Cc2ccc3nc(C)[nH]c3c2)C1. The van der Waals surface area contributed by atoms with Gasteiger partial charge in [0.1, 0.15) is 5.82 Å². The molecule has 0 aliphatic carbocycles. The average Bonchev–Trinajstić information content (AvgIpc) is 2.92. The summed E-state index contributed by atoms with van der Waals surface area (Å²) in [5, 5.41) is 0. The first-order valence-electron chi connectivity index (χ1n) is 7.38. The highest BCUT2D eigenvalue weighted by molar-refractivity contribution is 5.79. The summed E-state index contributed by atoms with van der Waals surface area (Å²) in [6.07, 6.45) is 3.03. The Labute approximate surface area is 119 Å². The first-order valence-corrected chi connectivity index (χ1v) is 7.38. The fraction of sp³-hybridized carbons (Fsp3) is 0.500. The average molecular weight is 271 g/mol. The first-order chi connectivity index (χ1) is 9.65. The number of aryl methyl sites for hydroxylation is 1. The summed E-state index contributed by atoms with van der Waals surface area (Å²) in [6, 6.07) is 6.21. The number of carbonyl (C=O) groups excluding carboxylic acids is 1. The molecule has 1 N–H and O–H groups in total. The highest BCUT2D eigenvalue weighted by Gasteiger charge is 2.28. The van der Waals surface area contributed by atoms with E-state index in [4.69, 9.17) is 0 Å². The van der Waals surface area contributed by atoms with Gasteiger partial charge in [0.15, 0.2) is 0 Å². The van der Waals surface area contributed by atoms with E-state index >= 15 is 0 Å². The largest absolute Gasteiger partial charge is 0.342 e. The zero-order valence-electron chi connectivity index (χ0n) is 12.1. The number of fused-ring (bicyclic) bond motifs is 1. The van der Waals surface area contributed by atoms with Gasteiger partial charge >= 0.3 is 0 Å². The lowest BCUT2D eigenvalue weighted by molar-refractivity contribution is -0.128. The second kappa shape index (κ2) is 5.27. The van der Waals surface area contributed by atoms with Crippen LogP contribution in [0.25, 0.3) is 11.0 Å². The van der Waals surface area contributed by atoms with Gasteiger partial charge in [0.2, 0.25) is 5.91 Å². The molecule has 0 radical (unpaired) electrons. The number of nitrogens with zero attached hydrogens (tertiary/aromatic N) is 2. The molecular formula is C16H21N3O. The van der Waals surface area contributed by atoms with Crippen molar-refractivity contribution in [2.75, 3.05) is 6.54 Å². The van der Waals surface area contributed by atoms with Gasteiger partial charge in [-0.15, -0.1) is 0 Å². The highest BCUT2D eigenvalue weighted by Crippen LogP contribution is 2.24. The predicted octanol–water partition coefficient (Wildman–Crippen LogP) is 3.02. The van der Waals surface area contributed by atoms with Gasteiger partial charge in [-0.2, -0.15) is 0 Å². The number of aromatic nitrogens is 2. The molecule has 106 valence electrons. The van der Waals surface area contributed by atoms with Crippen LogP contribution in [0.4, 0.5) is 0 Å². The Morgan fingerprint density at radius 2 is 2.30 bits per heavy atom. The molecule has 1 fully saturated rings. The third-order valence-corrected chi connectivity index (χ3v) is 4.03. The fourth-order valence-corrected chi connectivity index (χ4v) is 3.11. The standard InChI is InChI=1S/C16H21N3O/c1-3-4-12-8-16(20)19(9-12)10-13-5-6-14-15(7-13)18-11(2)17-14/h5-7,12H,3-4,8-10H2,1-2H3,(H,17,18). The van der Waals surface area contributed by atoms with Gasteiger partial charge in [-0.25, -0.2) is 4.98 Å². The van der Waals surface area contributed by atoms with E-state index in [2.05, 4.69) is 29.0 Å². The van der Waals surface area contributed by atoms with Crippen molar-refractivity contribution in [1.82, 2.24) is 14.9 Å². The van der Waals surface area contributed by atoms with Crippen LogP contribution in [0.1, 0.15) is 37.6 Å². The Bertz CT molecular complexity index is 632. The second-order valence-corrected chi connectivity index (χ2v) is 5.81. The molecular weight excluding hydrogens is 250 g/mol. The van der Waals surface area contributed by atoms with Gasteiger partial charge in [0.05, 0.1) is 11.0 Å². The van der Waals surface area contributed by atoms with E-state index in [-0.39, 0.29) is 0 Å². The molecule has 1 aliphatic rings. The van der Waals surface area contributed by atoms with Crippen LogP contribution < -0.4 is 0 Å². The lowest BCUT2D eigenvalue weighted by atomic mass is 10.0. The summed E-state index contributed by atoms with van der Waals surface area (Å²) >= 11 is 0. The lowest BCUT2D eigenvalue weighted by Crippen LogP contribution is -2.24. The molecule has 20 heavy (non-hydrogen) atoms. The molecule has 0 spiro atoms. The van der Waals surface area contributed by atoms with E-state index in [0.717, 1.165) is 42.7 Å². The number of hydrogen-bond acceptors (Lipinski definition) is 2. The maximum absolute atomic E-state index is 12.0. The maximum Gasteiger partial charge on any atom is 0.223 e. The Kier molecular flexibility index (Phi) is 3.47. The van der Waals surface area contributed by atoms with Crippen LogP contribution in [0, 0.1) is 12.8 Å². The quantitative estimate of drug-likeness (QED) is 0.929. The van der Waals surface area contributed by atoms with Gasteiger partial charge in [-0.05, 0) is 37.0 Å². The Morgan fingerprint density at radius 1 is 1.45 bits per heavy atom. The number of aromatic amines is 1. The van der Waals surface area contributed by atoms with Crippen molar-refractivity contribution < 1.29 is 4.79 Å². The van der Waals surface area contributed by atoms with E-state index < -0.39 is 0 Å². The molecule has 1 aromatic heterocycles. The molecule has 2 aromatic rings. The molecule has 2 heterocycles. The fourth-order valence-electron chi connectivity index (χ4n) is 3.11. The molecule has 1 unspecified atom stereocenters. The minimum atomic E-state index is 0.296. The summed E-state index contributed by atoms with van der Waals surface area (Å²) in [5.41, 5.74) is 3.21. The molecule has 0 bridgehead atoms. The van der Waals surface area contributed by atoms with E-state index in [1.165, 1.54) is 5.56 Å². The summed E-state index contributed by atoms with van der Waals surface area (Å²) in [4.78, 5) is 21.7. The molecule has 1 saturated heterocycles. The molecule has 1 amide bonds. The Balaban J connectivity index is 1.74. The van der Waals surface area contributed by atoms with Crippen molar-refractivity contribution in [2.45, 2.75) is 39.7 Å². The minimum Gasteiger partial charge on any atom is -0.342 e. The van der Waals surface area contributed by atoms with E-state index in [9.17, 15) is 4.79 Å². The number of hydrogen-bond donors (Lipinski definition) is 1. The number of likely N-dealkylation sites (tertiary alicyclic amines) is 1. The third-order valence-electron chi connectivity index (χ3n) is 4.03. The number of H-pyrrole nitrogens is 1. The van der Waals surface area contributed by atoms with E-state index in [1.54, 1.807) is 0 Å². The highest BCUT2D eigenvalue weighted by atomic mass is 16.2. The summed E-state index contributed by atoms with van der Waals surface area (Å²) < 4.78 is 0. The predicted molar refractivity (Wildman–Crippen MR) is 79.3 cm³/mol. The monoisotopic (exact) mass is 271 g/mol. The zero-order chi connectivity index (χ0) is 14.1. The molecule has 3 rings (SSSR count). The number of imidazole rings is 1. The molecule has 0 saturated carbocycles. The number of amides is 1. The molecule has 1 atom stereocenters. The normalized spacial score (nSPS) is 19.2. The Hall–Kier alpha value is -1.84. The topological polar surface area (TPSA) is 49.0 Å². The summed E-state index contributed by atoms with van der Waals surface area (Å²) in [5.74, 6) is 1.77. The Morgan fingerprint density at radius 3 is 3.10 bits per heavy atom. The molecule has 1 aromatic carbocycles. The number of carbonyl (C=O) groups is 1. The summed E-state index contributed by atoms with van der Waals surface area (Å²) in [7, 11) is 0. The van der Waals surface area contributed by atoms with Crippen LogP contribution in [0.3, 0.4) is 0 Å².